The standard InChI is InChI=1S/C16H10N2OS/c19-16-15-12(5-6-18-16)14(9-20-15)13-8-17-7-10-3-1-2-4-11(10)13/h1-9H,(H,18,19). The third kappa shape index (κ3) is 1.58. The smallest absolute Gasteiger partial charge is 0.265 e. The maximum atomic E-state index is 11.8. The molecule has 0 radical (unpaired) electrons. The molecule has 4 aromatic rings. The Hall–Kier alpha value is -2.46. The van der Waals surface area contributed by atoms with E-state index in [0.717, 1.165) is 32.0 Å². The highest BCUT2D eigenvalue weighted by molar-refractivity contribution is 7.17. The van der Waals surface area contributed by atoms with Crippen LogP contribution in [-0.4, -0.2) is 9.97 Å². The van der Waals surface area contributed by atoms with Crippen LogP contribution >= 0.6 is 11.3 Å². The molecule has 0 saturated heterocycles. The first-order valence-corrected chi connectivity index (χ1v) is 7.14. The van der Waals surface area contributed by atoms with E-state index in [1.54, 1.807) is 6.20 Å². The van der Waals surface area contributed by atoms with E-state index in [0.29, 0.717) is 0 Å². The summed E-state index contributed by atoms with van der Waals surface area (Å²) in [4.78, 5) is 18.9. The van der Waals surface area contributed by atoms with Crippen LogP contribution in [0.25, 0.3) is 32.0 Å². The molecule has 0 aliphatic heterocycles. The lowest BCUT2D eigenvalue weighted by molar-refractivity contribution is 1.29. The molecule has 0 atom stereocenters. The summed E-state index contributed by atoms with van der Waals surface area (Å²) in [6.45, 7) is 0. The number of pyridine rings is 2. The van der Waals surface area contributed by atoms with Crippen LogP contribution in [0.4, 0.5) is 0 Å². The number of H-pyrrole nitrogens is 1. The zero-order valence-electron chi connectivity index (χ0n) is 10.5. The van der Waals surface area contributed by atoms with Gasteiger partial charge in [-0.1, -0.05) is 24.3 Å². The lowest BCUT2D eigenvalue weighted by atomic mass is 10.0. The summed E-state index contributed by atoms with van der Waals surface area (Å²) in [5.41, 5.74) is 2.10. The molecular weight excluding hydrogens is 268 g/mol. The lowest BCUT2D eigenvalue weighted by Gasteiger charge is -2.04. The molecule has 3 aromatic heterocycles. The number of rotatable bonds is 1. The zero-order chi connectivity index (χ0) is 13.5. The Balaban J connectivity index is 2.12. The maximum Gasteiger partial charge on any atom is 0.265 e. The predicted octanol–water partition coefficient (Wildman–Crippen LogP) is 3.80. The molecule has 0 bridgehead atoms. The molecule has 0 aliphatic rings. The number of fused-ring (bicyclic) bond motifs is 2. The van der Waals surface area contributed by atoms with E-state index in [9.17, 15) is 4.79 Å². The second-order valence-corrected chi connectivity index (χ2v) is 5.49. The minimum absolute atomic E-state index is 0.0352. The maximum absolute atomic E-state index is 11.8. The van der Waals surface area contributed by atoms with E-state index in [4.69, 9.17) is 0 Å². The first kappa shape index (κ1) is 11.4. The van der Waals surface area contributed by atoms with E-state index in [2.05, 4.69) is 16.0 Å². The van der Waals surface area contributed by atoms with Crippen LogP contribution < -0.4 is 5.56 Å². The summed E-state index contributed by atoms with van der Waals surface area (Å²) in [5, 5.41) is 5.28. The first-order chi connectivity index (χ1) is 9.84. The Labute approximate surface area is 118 Å². The summed E-state index contributed by atoms with van der Waals surface area (Å²) in [7, 11) is 0. The number of hydrogen-bond donors (Lipinski definition) is 1. The van der Waals surface area contributed by atoms with Gasteiger partial charge in [-0.2, -0.15) is 0 Å². The van der Waals surface area contributed by atoms with E-state index in [1.165, 1.54) is 11.3 Å². The average Bonchev–Trinajstić information content (AvgIpc) is 2.92. The number of nitrogens with zero attached hydrogens (tertiary/aromatic N) is 1. The van der Waals surface area contributed by atoms with Crippen molar-refractivity contribution in [2.24, 2.45) is 0 Å². The number of thiophene rings is 1. The molecule has 4 heteroatoms. The van der Waals surface area contributed by atoms with E-state index >= 15 is 0 Å². The minimum Gasteiger partial charge on any atom is -0.328 e. The normalized spacial score (nSPS) is 11.2. The molecule has 20 heavy (non-hydrogen) atoms. The van der Waals surface area contributed by atoms with Gasteiger partial charge in [-0.25, -0.2) is 0 Å². The van der Waals surface area contributed by atoms with Crippen molar-refractivity contribution in [2.45, 2.75) is 0 Å². The first-order valence-electron chi connectivity index (χ1n) is 6.26. The minimum atomic E-state index is -0.0352. The number of aromatic nitrogens is 2. The number of nitrogens with one attached hydrogen (secondary N) is 1. The van der Waals surface area contributed by atoms with Gasteiger partial charge in [-0.05, 0) is 11.5 Å². The van der Waals surface area contributed by atoms with Gasteiger partial charge < -0.3 is 4.98 Å². The van der Waals surface area contributed by atoms with Crippen molar-refractivity contribution in [3.63, 3.8) is 0 Å². The van der Waals surface area contributed by atoms with Gasteiger partial charge in [-0.15, -0.1) is 11.3 Å². The SMILES string of the molecule is O=c1[nH]ccc2c(-c3cncc4ccccc34)csc12. The molecular formula is C16H10N2OS. The van der Waals surface area contributed by atoms with Crippen LogP contribution in [0.5, 0.6) is 0 Å². The summed E-state index contributed by atoms with van der Waals surface area (Å²) < 4.78 is 0.760. The summed E-state index contributed by atoms with van der Waals surface area (Å²) in [5.74, 6) is 0. The van der Waals surface area contributed by atoms with Gasteiger partial charge in [0.25, 0.3) is 5.56 Å². The molecule has 1 N–H and O–H groups in total. The van der Waals surface area contributed by atoms with Crippen LogP contribution in [0.2, 0.25) is 0 Å². The number of hydrogen-bond acceptors (Lipinski definition) is 3. The third-order valence-corrected chi connectivity index (χ3v) is 4.45. The van der Waals surface area contributed by atoms with Crippen LogP contribution in [-0.2, 0) is 0 Å². The Kier molecular flexibility index (Phi) is 2.44. The molecule has 0 saturated carbocycles. The highest BCUT2D eigenvalue weighted by Gasteiger charge is 2.11. The molecule has 3 nitrogen and oxygen atoms in total. The van der Waals surface area contributed by atoms with Crippen LogP contribution in [0.3, 0.4) is 0 Å². The second kappa shape index (κ2) is 4.28. The Morgan fingerprint density at radius 1 is 1.00 bits per heavy atom. The summed E-state index contributed by atoms with van der Waals surface area (Å²) in [6, 6.07) is 10.1. The summed E-state index contributed by atoms with van der Waals surface area (Å²) in [6.07, 6.45) is 5.42. The lowest BCUT2D eigenvalue weighted by Crippen LogP contribution is -2.01. The third-order valence-electron chi connectivity index (χ3n) is 3.46. The van der Waals surface area contributed by atoms with Gasteiger partial charge in [-0.3, -0.25) is 9.78 Å². The Morgan fingerprint density at radius 3 is 2.85 bits per heavy atom. The average molecular weight is 278 g/mol. The largest absolute Gasteiger partial charge is 0.328 e. The predicted molar refractivity (Wildman–Crippen MR) is 83.2 cm³/mol. The molecule has 0 fully saturated rings. The molecule has 0 amide bonds. The Morgan fingerprint density at radius 2 is 1.90 bits per heavy atom. The topological polar surface area (TPSA) is 45.8 Å². The molecule has 0 aliphatic carbocycles. The highest BCUT2D eigenvalue weighted by atomic mass is 32.1. The number of benzene rings is 1. The van der Waals surface area contributed by atoms with Gasteiger partial charge in [0.15, 0.2) is 0 Å². The van der Waals surface area contributed by atoms with Crippen molar-refractivity contribution in [1.82, 2.24) is 9.97 Å². The van der Waals surface area contributed by atoms with Crippen LogP contribution in [0.15, 0.2) is 59.1 Å². The van der Waals surface area contributed by atoms with Crippen molar-refractivity contribution in [1.29, 1.82) is 0 Å². The molecule has 3 heterocycles. The Bertz CT molecular complexity index is 979. The van der Waals surface area contributed by atoms with E-state index in [1.807, 2.05) is 42.0 Å². The van der Waals surface area contributed by atoms with Crippen LogP contribution in [0.1, 0.15) is 0 Å². The molecule has 0 spiro atoms. The van der Waals surface area contributed by atoms with Gasteiger partial charge in [0.2, 0.25) is 0 Å². The molecule has 1 aromatic carbocycles. The molecule has 4 rings (SSSR count). The number of aromatic amines is 1. The fourth-order valence-electron chi connectivity index (χ4n) is 2.51. The van der Waals surface area contributed by atoms with Crippen molar-refractivity contribution in [3.05, 3.63) is 64.7 Å². The van der Waals surface area contributed by atoms with Crippen molar-refractivity contribution in [2.75, 3.05) is 0 Å². The summed E-state index contributed by atoms with van der Waals surface area (Å²) >= 11 is 1.47. The van der Waals surface area contributed by atoms with Gasteiger partial charge in [0.1, 0.15) is 4.70 Å². The van der Waals surface area contributed by atoms with Gasteiger partial charge in [0.05, 0.1) is 0 Å². The fourth-order valence-corrected chi connectivity index (χ4v) is 3.47. The molecule has 0 unspecified atom stereocenters. The monoisotopic (exact) mass is 278 g/mol. The van der Waals surface area contributed by atoms with Crippen LogP contribution in [0, 0.1) is 0 Å². The van der Waals surface area contributed by atoms with Crippen molar-refractivity contribution in [3.8, 4) is 11.1 Å². The second-order valence-electron chi connectivity index (χ2n) is 4.61. The van der Waals surface area contributed by atoms with E-state index in [-0.39, 0.29) is 5.56 Å². The molecule has 96 valence electrons. The van der Waals surface area contributed by atoms with Gasteiger partial charge in [0, 0.05) is 45.9 Å². The quantitative estimate of drug-likeness (QED) is 0.575. The van der Waals surface area contributed by atoms with Gasteiger partial charge >= 0.3 is 0 Å². The van der Waals surface area contributed by atoms with Crippen molar-refractivity contribution >= 4 is 32.2 Å². The van der Waals surface area contributed by atoms with Crippen molar-refractivity contribution < 1.29 is 0 Å². The zero-order valence-corrected chi connectivity index (χ0v) is 11.3. The van der Waals surface area contributed by atoms with E-state index < -0.39 is 0 Å². The highest BCUT2D eigenvalue weighted by Crippen LogP contribution is 2.35. The fraction of sp³-hybridized carbons (Fsp3) is 0.